The summed E-state index contributed by atoms with van der Waals surface area (Å²) in [5.41, 5.74) is 0. The molecule has 0 amide bonds. The second kappa shape index (κ2) is 60.7. The molecule has 4 heteroatoms. The van der Waals surface area contributed by atoms with Crippen molar-refractivity contribution >= 4 is 16.6 Å². The molecule has 1 nitrogen and oxygen atoms in total. The molecule has 0 aromatic heterocycles. The Morgan fingerprint density at radius 3 is 1.14 bits per heavy atom. The second-order valence-electron chi connectivity index (χ2n) is 0.707. The van der Waals surface area contributed by atoms with Gasteiger partial charge in [-0.05, 0) is 0 Å². The molecule has 0 unspecified atom stereocenters. The fraction of sp³-hybridized carbons (Fsp3) is 1.00. The van der Waals surface area contributed by atoms with Crippen molar-refractivity contribution in [2.75, 3.05) is 0 Å². The van der Waals surface area contributed by atoms with E-state index < -0.39 is 0 Å². The molecule has 0 radical (unpaired) electrons. The minimum absolute atomic E-state index is 0. The zero-order chi connectivity index (χ0) is 4.71. The quantitative estimate of drug-likeness (QED) is 0.349. The van der Waals surface area contributed by atoms with Gasteiger partial charge < -0.3 is 24.8 Å². The number of hydrogen-bond acceptors (Lipinski definition) is 1. The van der Waals surface area contributed by atoms with Crippen LogP contribution < -0.4 is 24.8 Å². The molecule has 0 aromatic rings. The van der Waals surface area contributed by atoms with Crippen molar-refractivity contribution < 1.29 is 29.0 Å². The summed E-state index contributed by atoms with van der Waals surface area (Å²) in [6, 6.07) is 0. The van der Waals surface area contributed by atoms with Gasteiger partial charge in [0.15, 0.2) is 0 Å². The van der Waals surface area contributed by atoms with Crippen LogP contribution in [0.3, 0.4) is 0 Å². The Morgan fingerprint density at radius 2 is 1.14 bits per heavy atom. The van der Waals surface area contributed by atoms with E-state index in [1.165, 1.54) is 23.0 Å². The molecule has 0 atom stereocenters. The molecular formula is C3H9AlCl2O. The summed E-state index contributed by atoms with van der Waals surface area (Å²) in [5, 5.41) is 0. The molecule has 0 fully saturated rings. The third-order valence-corrected chi connectivity index (χ3v) is 0. The third kappa shape index (κ3) is 158. The monoisotopic (exact) mass is 158 g/mol. The van der Waals surface area contributed by atoms with Gasteiger partial charge in [-0.15, -0.1) is 0 Å². The SMILES string of the molecule is CCC.[Cl-].[Cl-].[OH][Al+2]. The topological polar surface area (TPSA) is 20.2 Å². The van der Waals surface area contributed by atoms with E-state index in [-0.39, 0.29) is 24.8 Å². The van der Waals surface area contributed by atoms with Crippen molar-refractivity contribution in [2.24, 2.45) is 0 Å². The molecule has 0 rings (SSSR count). The predicted octanol–water partition coefficient (Wildman–Crippen LogP) is -5.51. The van der Waals surface area contributed by atoms with E-state index in [2.05, 4.69) is 13.8 Å². The summed E-state index contributed by atoms with van der Waals surface area (Å²) in [6.07, 6.45) is 1.25. The summed E-state index contributed by atoms with van der Waals surface area (Å²) in [5.74, 6) is 0. The maximum absolute atomic E-state index is 6.92. The van der Waals surface area contributed by atoms with Gasteiger partial charge in [-0.25, -0.2) is 0 Å². The first kappa shape index (κ1) is 24.3. The maximum atomic E-state index is 6.92. The summed E-state index contributed by atoms with van der Waals surface area (Å²) < 4.78 is 6.92. The molecule has 1 N–H and O–H groups in total. The van der Waals surface area contributed by atoms with Crippen LogP contribution in [0.1, 0.15) is 20.3 Å². The minimum atomic E-state index is 0. The van der Waals surface area contributed by atoms with Crippen molar-refractivity contribution in [3.8, 4) is 0 Å². The number of hydrogen-bond donors (Lipinski definition) is 1. The van der Waals surface area contributed by atoms with Gasteiger partial charge in [-0.1, -0.05) is 20.3 Å². The van der Waals surface area contributed by atoms with E-state index in [0.717, 1.165) is 0 Å². The van der Waals surface area contributed by atoms with E-state index in [1.807, 2.05) is 0 Å². The molecule has 0 heterocycles. The second-order valence-corrected chi connectivity index (χ2v) is 0.707. The Labute approximate surface area is 66.1 Å². The standard InChI is InChI=1S/C3H8.Al.2ClH.H2O/c1-3-2;;;;/h3H2,1-2H3;;2*1H;1H2/q;+3;;;/p-3. The number of rotatable bonds is 0. The Kier molecular flexibility index (Phi) is 211. The zero-order valence-corrected chi connectivity index (χ0v) is 7.15. The van der Waals surface area contributed by atoms with Crippen LogP contribution in [0.15, 0.2) is 0 Å². The van der Waals surface area contributed by atoms with Crippen LogP contribution in [0.25, 0.3) is 0 Å². The first-order valence-electron chi connectivity index (χ1n) is 1.67. The van der Waals surface area contributed by atoms with Crippen molar-refractivity contribution in [1.82, 2.24) is 0 Å². The molecule has 0 aliphatic heterocycles. The van der Waals surface area contributed by atoms with Crippen LogP contribution in [0.2, 0.25) is 0 Å². The molecule has 7 heavy (non-hydrogen) atoms. The third-order valence-electron chi connectivity index (χ3n) is 0. The van der Waals surface area contributed by atoms with E-state index in [0.29, 0.717) is 0 Å². The van der Waals surface area contributed by atoms with Crippen LogP contribution in [0.4, 0.5) is 0 Å². The fourth-order valence-corrected chi connectivity index (χ4v) is 0. The normalized spacial score (nSPS) is 3.57. The van der Waals surface area contributed by atoms with Gasteiger partial charge in [0.05, 0.1) is 0 Å². The van der Waals surface area contributed by atoms with Crippen molar-refractivity contribution in [1.29, 1.82) is 0 Å². The number of halogens is 2. The molecule has 0 saturated heterocycles. The summed E-state index contributed by atoms with van der Waals surface area (Å²) in [4.78, 5) is 0. The van der Waals surface area contributed by atoms with Crippen LogP contribution in [-0.4, -0.2) is 20.8 Å². The van der Waals surface area contributed by atoms with Gasteiger partial charge >= 0.3 is 20.8 Å². The molecule has 0 aliphatic rings. The first-order valence-corrected chi connectivity index (χ1v) is 2.19. The van der Waals surface area contributed by atoms with Gasteiger partial charge in [0.1, 0.15) is 0 Å². The average Bonchev–Trinajstić information content (AvgIpc) is 1.46. The summed E-state index contributed by atoms with van der Waals surface area (Å²) in [6.45, 7) is 4.25. The molecule has 0 aromatic carbocycles. The van der Waals surface area contributed by atoms with Crippen LogP contribution in [0.5, 0.6) is 0 Å². The van der Waals surface area contributed by atoms with Gasteiger partial charge in [0.25, 0.3) is 0 Å². The van der Waals surface area contributed by atoms with Crippen LogP contribution in [-0.2, 0) is 0 Å². The van der Waals surface area contributed by atoms with Crippen molar-refractivity contribution in [3.63, 3.8) is 0 Å². The van der Waals surface area contributed by atoms with E-state index in [4.69, 9.17) is 4.16 Å². The Hall–Kier alpha value is 1.07. The van der Waals surface area contributed by atoms with Gasteiger partial charge in [0.2, 0.25) is 0 Å². The first-order chi connectivity index (χ1) is 2.41. The molecule has 0 aliphatic carbocycles. The molecule has 0 spiro atoms. The molecule has 0 saturated carbocycles. The van der Waals surface area contributed by atoms with Gasteiger partial charge in [-0.3, -0.25) is 0 Å². The van der Waals surface area contributed by atoms with E-state index >= 15 is 0 Å². The Bertz CT molecular complexity index is 12.9. The van der Waals surface area contributed by atoms with Crippen LogP contribution >= 0.6 is 0 Å². The summed E-state index contributed by atoms with van der Waals surface area (Å²) in [7, 11) is 0. The molecular weight excluding hydrogens is 150 g/mol. The van der Waals surface area contributed by atoms with Crippen molar-refractivity contribution in [2.45, 2.75) is 20.3 Å². The zero-order valence-electron chi connectivity index (χ0n) is 4.49. The average molecular weight is 159 g/mol. The fourth-order valence-electron chi connectivity index (χ4n) is 0. The van der Waals surface area contributed by atoms with Crippen molar-refractivity contribution in [3.05, 3.63) is 0 Å². The molecule has 0 bridgehead atoms. The Balaban J connectivity index is -0.0000000105. The van der Waals surface area contributed by atoms with Gasteiger partial charge in [-0.2, -0.15) is 0 Å². The van der Waals surface area contributed by atoms with Gasteiger partial charge in [0, 0.05) is 0 Å². The van der Waals surface area contributed by atoms with E-state index in [1.54, 1.807) is 0 Å². The van der Waals surface area contributed by atoms with Crippen LogP contribution in [0, 0.1) is 0 Å². The van der Waals surface area contributed by atoms with E-state index in [9.17, 15) is 0 Å². The predicted molar refractivity (Wildman–Crippen MR) is 23.9 cm³/mol. The summed E-state index contributed by atoms with van der Waals surface area (Å²) >= 11 is 1.42. The molecule has 44 valence electrons. The Morgan fingerprint density at radius 1 is 1.14 bits per heavy atom.